The summed E-state index contributed by atoms with van der Waals surface area (Å²) in [7, 11) is 0. The highest BCUT2D eigenvalue weighted by Gasteiger charge is 2.33. The third kappa shape index (κ3) is 12.0. The number of hydrogen-bond acceptors (Lipinski definition) is 7. The minimum absolute atomic E-state index is 0.147. The second-order valence-corrected chi connectivity index (χ2v) is 9.25. The van der Waals surface area contributed by atoms with E-state index in [4.69, 9.17) is 5.73 Å². The minimum Gasteiger partial charge on any atom is -0.480 e. The van der Waals surface area contributed by atoms with Gasteiger partial charge < -0.3 is 37.2 Å². The zero-order valence-electron chi connectivity index (χ0n) is 21.6. The number of unbranched alkanes of at least 4 members (excludes halogenated alkanes) is 1. The summed E-state index contributed by atoms with van der Waals surface area (Å²) in [6, 6.07) is -4.54. The van der Waals surface area contributed by atoms with Crippen molar-refractivity contribution in [2.24, 2.45) is 17.6 Å². The molecular weight excluding hydrogens is 458 g/mol. The normalized spacial score (nSPS) is 16.3. The number of aliphatic carboxylic acids is 1. The molecule has 0 aromatic carbocycles. The maximum atomic E-state index is 12.9. The number of rotatable bonds is 16. The van der Waals surface area contributed by atoms with E-state index in [1.807, 2.05) is 6.92 Å². The molecule has 0 aromatic rings. The van der Waals surface area contributed by atoms with Crippen LogP contribution in [0.2, 0.25) is 0 Å². The monoisotopic (exact) mass is 501 g/mol. The van der Waals surface area contributed by atoms with E-state index in [1.165, 1.54) is 13.8 Å². The number of carboxylic acid groups (broad SMARTS) is 1. The van der Waals surface area contributed by atoms with Crippen LogP contribution in [0, 0.1) is 11.8 Å². The third-order valence-electron chi connectivity index (χ3n) is 5.78. The van der Waals surface area contributed by atoms with Crippen LogP contribution in [0.3, 0.4) is 0 Å². The van der Waals surface area contributed by atoms with E-state index >= 15 is 0 Å². The quantitative estimate of drug-likeness (QED) is 0.134. The van der Waals surface area contributed by atoms with Gasteiger partial charge in [-0.15, -0.1) is 0 Å². The zero-order valence-corrected chi connectivity index (χ0v) is 21.6. The summed E-state index contributed by atoms with van der Waals surface area (Å²) in [4.78, 5) is 60.8. The summed E-state index contributed by atoms with van der Waals surface area (Å²) in [6.07, 6.45) is 0.457. The number of carbonyl (C=O) groups excluding carboxylic acids is 4. The van der Waals surface area contributed by atoms with Gasteiger partial charge in [-0.05, 0) is 38.0 Å². The second-order valence-electron chi connectivity index (χ2n) is 9.25. The lowest BCUT2D eigenvalue weighted by molar-refractivity contribution is -0.143. The Morgan fingerprint density at radius 1 is 0.857 bits per heavy atom. The average molecular weight is 502 g/mol. The number of nitrogens with one attached hydrogen (secondary N) is 4. The molecule has 12 heteroatoms. The first kappa shape index (κ1) is 32.3. The lowest BCUT2D eigenvalue weighted by Crippen LogP contribution is -2.60. The van der Waals surface area contributed by atoms with Gasteiger partial charge in [0, 0.05) is 13.5 Å². The molecule has 0 heterocycles. The van der Waals surface area contributed by atoms with Gasteiger partial charge in [0.05, 0.1) is 12.1 Å². The van der Waals surface area contributed by atoms with Gasteiger partial charge in [-0.25, -0.2) is 4.79 Å². The molecule has 0 rings (SSSR count). The Morgan fingerprint density at radius 2 is 1.43 bits per heavy atom. The van der Waals surface area contributed by atoms with Gasteiger partial charge in [-0.1, -0.05) is 34.1 Å². The molecule has 35 heavy (non-hydrogen) atoms. The molecule has 0 saturated carbocycles. The molecule has 8 N–H and O–H groups in total. The zero-order chi connectivity index (χ0) is 27.3. The van der Waals surface area contributed by atoms with Crippen LogP contribution in [-0.4, -0.2) is 76.6 Å². The van der Waals surface area contributed by atoms with E-state index < -0.39 is 59.9 Å². The van der Waals surface area contributed by atoms with Crippen molar-refractivity contribution in [3.05, 3.63) is 0 Å². The molecule has 0 aliphatic carbocycles. The Morgan fingerprint density at radius 3 is 1.89 bits per heavy atom. The molecule has 0 fully saturated rings. The average Bonchev–Trinajstić information content (AvgIpc) is 2.77. The highest BCUT2D eigenvalue weighted by molar-refractivity contribution is 5.94. The molecule has 12 nitrogen and oxygen atoms in total. The highest BCUT2D eigenvalue weighted by atomic mass is 16.4. The second kappa shape index (κ2) is 16.0. The first-order valence-corrected chi connectivity index (χ1v) is 12.0. The molecule has 4 amide bonds. The van der Waals surface area contributed by atoms with Gasteiger partial charge in [-0.2, -0.15) is 0 Å². The van der Waals surface area contributed by atoms with Crippen LogP contribution < -0.4 is 27.0 Å². The molecule has 0 aliphatic rings. The van der Waals surface area contributed by atoms with Crippen molar-refractivity contribution in [3.8, 4) is 0 Å². The van der Waals surface area contributed by atoms with Gasteiger partial charge in [0.2, 0.25) is 23.6 Å². The lowest BCUT2D eigenvalue weighted by atomic mass is 9.98. The Kier molecular flexibility index (Phi) is 14.8. The third-order valence-corrected chi connectivity index (χ3v) is 5.78. The molecule has 0 aliphatic heterocycles. The number of aliphatic hydroxyl groups is 1. The van der Waals surface area contributed by atoms with E-state index in [0.717, 1.165) is 0 Å². The molecule has 0 aromatic heterocycles. The van der Waals surface area contributed by atoms with E-state index in [0.29, 0.717) is 25.8 Å². The SMILES string of the molecule is CC[C@H](C)[C@H](N)C(=O)N[C@H](C(=O)N[C@@H](CCCCNC(C)=O)C(=O)N[C@H](C(=O)O)C(C)C)[C@@H](C)O. The Bertz CT molecular complexity index is 729. The van der Waals surface area contributed by atoms with Gasteiger partial charge in [0.15, 0.2) is 0 Å². The van der Waals surface area contributed by atoms with Crippen LogP contribution >= 0.6 is 0 Å². The number of amides is 4. The molecule has 0 saturated heterocycles. The van der Waals surface area contributed by atoms with Crippen LogP contribution in [0.15, 0.2) is 0 Å². The van der Waals surface area contributed by atoms with Gasteiger partial charge >= 0.3 is 5.97 Å². The maximum absolute atomic E-state index is 12.9. The molecular formula is C23H43N5O7. The van der Waals surface area contributed by atoms with Crippen LogP contribution in [0.4, 0.5) is 0 Å². The molecule has 0 radical (unpaired) electrons. The van der Waals surface area contributed by atoms with E-state index in [9.17, 15) is 34.2 Å². The first-order valence-electron chi connectivity index (χ1n) is 12.0. The maximum Gasteiger partial charge on any atom is 0.326 e. The number of aliphatic hydroxyl groups excluding tert-OH is 1. The summed E-state index contributed by atoms with van der Waals surface area (Å²) >= 11 is 0. The fourth-order valence-electron chi connectivity index (χ4n) is 3.20. The predicted molar refractivity (Wildman–Crippen MR) is 130 cm³/mol. The Hall–Kier alpha value is -2.73. The largest absolute Gasteiger partial charge is 0.480 e. The Balaban J connectivity index is 5.51. The van der Waals surface area contributed by atoms with Crippen molar-refractivity contribution < 1.29 is 34.2 Å². The molecule has 6 atom stereocenters. The van der Waals surface area contributed by atoms with Crippen LogP contribution in [0.1, 0.15) is 67.2 Å². The molecule has 0 unspecified atom stereocenters. The summed E-state index contributed by atoms with van der Waals surface area (Å²) in [5, 5.41) is 29.5. The van der Waals surface area contributed by atoms with Crippen molar-refractivity contribution in [2.45, 2.75) is 97.5 Å². The van der Waals surface area contributed by atoms with Gasteiger partial charge in [0.1, 0.15) is 18.1 Å². The van der Waals surface area contributed by atoms with Crippen molar-refractivity contribution in [2.75, 3.05) is 6.54 Å². The number of nitrogens with two attached hydrogens (primary N) is 1. The molecule has 0 bridgehead atoms. The van der Waals surface area contributed by atoms with Crippen molar-refractivity contribution in [3.63, 3.8) is 0 Å². The smallest absolute Gasteiger partial charge is 0.326 e. The van der Waals surface area contributed by atoms with Crippen LogP contribution in [0.25, 0.3) is 0 Å². The van der Waals surface area contributed by atoms with Crippen molar-refractivity contribution in [1.82, 2.24) is 21.3 Å². The van der Waals surface area contributed by atoms with Crippen LogP contribution in [0.5, 0.6) is 0 Å². The predicted octanol–water partition coefficient (Wildman–Crippen LogP) is -0.758. The standard InChI is InChI=1S/C23H43N5O7/c1-7-13(4)17(24)21(32)28-19(14(5)29)22(33)26-16(10-8-9-11-25-15(6)30)20(31)27-18(12(2)3)23(34)35/h12-14,16-19,29H,7-11,24H2,1-6H3,(H,25,30)(H,26,33)(H,27,31)(H,28,32)(H,34,35)/t13-,14+,16-,17-,18-,19-/m0/s1. The number of carbonyl (C=O) groups is 5. The highest BCUT2D eigenvalue weighted by Crippen LogP contribution is 2.09. The topological polar surface area (TPSA) is 200 Å². The van der Waals surface area contributed by atoms with Gasteiger partial charge in [-0.3, -0.25) is 19.2 Å². The van der Waals surface area contributed by atoms with Gasteiger partial charge in [0.25, 0.3) is 0 Å². The number of hydrogen-bond donors (Lipinski definition) is 7. The van der Waals surface area contributed by atoms with E-state index in [2.05, 4.69) is 21.3 Å². The Labute approximate surface area is 207 Å². The minimum atomic E-state index is -1.37. The fourth-order valence-corrected chi connectivity index (χ4v) is 3.20. The number of carboxylic acids is 1. The molecule has 202 valence electrons. The van der Waals surface area contributed by atoms with E-state index in [-0.39, 0.29) is 18.2 Å². The fraction of sp³-hybridized carbons (Fsp3) is 0.783. The van der Waals surface area contributed by atoms with Crippen molar-refractivity contribution >= 4 is 29.6 Å². The summed E-state index contributed by atoms with van der Waals surface area (Å²) in [5.41, 5.74) is 5.92. The van der Waals surface area contributed by atoms with E-state index in [1.54, 1.807) is 20.8 Å². The van der Waals surface area contributed by atoms with Crippen LogP contribution in [-0.2, 0) is 24.0 Å². The van der Waals surface area contributed by atoms with Crippen molar-refractivity contribution in [1.29, 1.82) is 0 Å². The summed E-state index contributed by atoms with van der Waals surface area (Å²) < 4.78 is 0. The molecule has 0 spiro atoms. The summed E-state index contributed by atoms with van der Waals surface area (Å²) in [5.74, 6) is -4.08. The summed E-state index contributed by atoms with van der Waals surface area (Å²) in [6.45, 7) is 10.0. The first-order chi connectivity index (χ1) is 16.2. The lowest BCUT2D eigenvalue weighted by Gasteiger charge is -2.27.